The van der Waals surface area contributed by atoms with E-state index in [1.807, 2.05) is 19.1 Å². The molecule has 0 aliphatic rings. The third-order valence-corrected chi connectivity index (χ3v) is 4.09. The van der Waals surface area contributed by atoms with Gasteiger partial charge in [0.25, 0.3) is 5.91 Å². The number of esters is 1. The number of benzene rings is 1. The number of ether oxygens (including phenoxy) is 2. The molecule has 0 saturated heterocycles. The lowest BCUT2D eigenvalue weighted by molar-refractivity contribution is -0.146. The number of hydrogen-bond donors (Lipinski definition) is 2. The molecule has 1 atom stereocenters. The summed E-state index contributed by atoms with van der Waals surface area (Å²) in [6, 6.07) is 6.59. The molecule has 0 spiro atoms. The van der Waals surface area contributed by atoms with Crippen molar-refractivity contribution in [3.05, 3.63) is 24.3 Å². The Bertz CT molecular complexity index is 577. The van der Waals surface area contributed by atoms with Gasteiger partial charge >= 0.3 is 5.97 Å². The Morgan fingerprint density at radius 3 is 2.48 bits per heavy atom. The molecule has 0 aromatic heterocycles. The predicted octanol–water partition coefficient (Wildman–Crippen LogP) is 1.36. The van der Waals surface area contributed by atoms with E-state index in [1.54, 1.807) is 26.2 Å². The van der Waals surface area contributed by atoms with Crippen molar-refractivity contribution < 1.29 is 23.9 Å². The highest BCUT2D eigenvalue weighted by atomic mass is 32.2. The van der Waals surface area contributed by atoms with Crippen LogP contribution >= 0.6 is 11.8 Å². The number of rotatable bonds is 10. The van der Waals surface area contributed by atoms with E-state index in [2.05, 4.69) is 10.6 Å². The molecular weight excluding hydrogens is 344 g/mol. The SMILES string of the molecule is CCCNC(=O)[C@@H](C)NC(=O)COC(=O)CSc1ccc(OC)cc1. The smallest absolute Gasteiger partial charge is 0.316 e. The van der Waals surface area contributed by atoms with E-state index >= 15 is 0 Å². The zero-order valence-corrected chi connectivity index (χ0v) is 15.5. The quantitative estimate of drug-likeness (QED) is 0.478. The van der Waals surface area contributed by atoms with Crippen molar-refractivity contribution in [3.63, 3.8) is 0 Å². The number of carbonyl (C=O) groups is 3. The molecule has 0 radical (unpaired) electrons. The third-order valence-electron chi connectivity index (χ3n) is 3.10. The fourth-order valence-corrected chi connectivity index (χ4v) is 2.45. The standard InChI is InChI=1S/C17H24N2O5S/c1-4-9-18-17(22)12(2)19-15(20)10-24-16(21)11-25-14-7-5-13(23-3)6-8-14/h5-8,12H,4,9-11H2,1-3H3,(H,18,22)(H,19,20)/t12-/m1/s1. The zero-order valence-electron chi connectivity index (χ0n) is 14.7. The van der Waals surface area contributed by atoms with Crippen molar-refractivity contribution in [1.82, 2.24) is 10.6 Å². The van der Waals surface area contributed by atoms with Crippen molar-refractivity contribution in [2.75, 3.05) is 26.0 Å². The summed E-state index contributed by atoms with van der Waals surface area (Å²) in [5.74, 6) is -0.454. The van der Waals surface area contributed by atoms with E-state index in [0.717, 1.165) is 17.1 Å². The van der Waals surface area contributed by atoms with Crippen LogP contribution in [0, 0.1) is 0 Å². The fourth-order valence-electron chi connectivity index (χ4n) is 1.75. The largest absolute Gasteiger partial charge is 0.497 e. The van der Waals surface area contributed by atoms with Gasteiger partial charge < -0.3 is 20.1 Å². The van der Waals surface area contributed by atoms with E-state index in [9.17, 15) is 14.4 Å². The first-order valence-corrected chi connectivity index (χ1v) is 8.94. The molecule has 2 amide bonds. The first-order chi connectivity index (χ1) is 12.0. The van der Waals surface area contributed by atoms with Gasteiger partial charge in [-0.15, -0.1) is 11.8 Å². The first-order valence-electron chi connectivity index (χ1n) is 7.95. The number of methoxy groups -OCH3 is 1. The topological polar surface area (TPSA) is 93.7 Å². The molecule has 0 unspecified atom stereocenters. The van der Waals surface area contributed by atoms with E-state index in [1.165, 1.54) is 11.8 Å². The van der Waals surface area contributed by atoms with E-state index in [4.69, 9.17) is 9.47 Å². The van der Waals surface area contributed by atoms with Gasteiger partial charge in [0.15, 0.2) is 6.61 Å². The highest BCUT2D eigenvalue weighted by Crippen LogP contribution is 2.21. The number of nitrogens with one attached hydrogen (secondary N) is 2. The maximum atomic E-state index is 11.7. The first kappa shape index (κ1) is 20.8. The van der Waals surface area contributed by atoms with E-state index in [0.29, 0.717) is 6.54 Å². The summed E-state index contributed by atoms with van der Waals surface area (Å²) in [4.78, 5) is 35.9. The molecule has 8 heteroatoms. The summed E-state index contributed by atoms with van der Waals surface area (Å²) in [6.07, 6.45) is 0.815. The van der Waals surface area contributed by atoms with Crippen molar-refractivity contribution >= 4 is 29.5 Å². The second-order valence-corrected chi connectivity index (χ2v) is 6.25. The van der Waals surface area contributed by atoms with Gasteiger partial charge in [-0.05, 0) is 37.6 Å². The van der Waals surface area contributed by atoms with Gasteiger partial charge in [0.2, 0.25) is 5.91 Å². The van der Waals surface area contributed by atoms with Gasteiger partial charge in [0, 0.05) is 11.4 Å². The summed E-state index contributed by atoms with van der Waals surface area (Å²) in [7, 11) is 1.58. The molecule has 7 nitrogen and oxygen atoms in total. The van der Waals surface area contributed by atoms with Gasteiger partial charge in [-0.25, -0.2) is 0 Å². The Kier molecular flexibility index (Phi) is 9.46. The van der Waals surface area contributed by atoms with Crippen LogP contribution in [0.5, 0.6) is 5.75 Å². The average molecular weight is 368 g/mol. The van der Waals surface area contributed by atoms with Crippen LogP contribution in [0.4, 0.5) is 0 Å². The number of amides is 2. The highest BCUT2D eigenvalue weighted by Gasteiger charge is 2.16. The molecule has 0 heterocycles. The zero-order chi connectivity index (χ0) is 18.7. The number of hydrogen-bond acceptors (Lipinski definition) is 6. The molecule has 138 valence electrons. The van der Waals surface area contributed by atoms with Crippen LogP contribution in [0.2, 0.25) is 0 Å². The summed E-state index contributed by atoms with van der Waals surface area (Å²) in [5, 5.41) is 5.16. The van der Waals surface area contributed by atoms with E-state index in [-0.39, 0.29) is 11.7 Å². The van der Waals surface area contributed by atoms with Crippen LogP contribution in [-0.4, -0.2) is 49.8 Å². The monoisotopic (exact) mass is 368 g/mol. The summed E-state index contributed by atoms with van der Waals surface area (Å²) < 4.78 is 9.96. The molecule has 0 aliphatic carbocycles. The van der Waals surface area contributed by atoms with E-state index < -0.39 is 24.5 Å². The van der Waals surface area contributed by atoms with Crippen molar-refractivity contribution in [3.8, 4) is 5.75 Å². The van der Waals surface area contributed by atoms with Crippen molar-refractivity contribution in [1.29, 1.82) is 0 Å². The second-order valence-electron chi connectivity index (χ2n) is 5.21. The molecule has 0 fully saturated rings. The van der Waals surface area contributed by atoms with Crippen LogP contribution in [-0.2, 0) is 19.1 Å². The van der Waals surface area contributed by atoms with Crippen molar-refractivity contribution in [2.24, 2.45) is 0 Å². The Morgan fingerprint density at radius 1 is 1.20 bits per heavy atom. The Morgan fingerprint density at radius 2 is 1.88 bits per heavy atom. The van der Waals surface area contributed by atoms with Crippen LogP contribution in [0.3, 0.4) is 0 Å². The molecule has 0 bridgehead atoms. The lowest BCUT2D eigenvalue weighted by Gasteiger charge is -2.13. The molecular formula is C17H24N2O5S. The molecule has 2 N–H and O–H groups in total. The Labute approximate surface area is 151 Å². The minimum absolute atomic E-state index is 0.0894. The molecule has 25 heavy (non-hydrogen) atoms. The maximum absolute atomic E-state index is 11.7. The van der Waals surface area contributed by atoms with Gasteiger partial charge in [-0.3, -0.25) is 14.4 Å². The fraction of sp³-hybridized carbons (Fsp3) is 0.471. The minimum Gasteiger partial charge on any atom is -0.497 e. The van der Waals surface area contributed by atoms with Crippen molar-refractivity contribution in [2.45, 2.75) is 31.2 Å². The normalized spacial score (nSPS) is 11.3. The summed E-state index contributed by atoms with van der Waals surface area (Å²) in [5.41, 5.74) is 0. The molecule has 1 rings (SSSR count). The number of carbonyl (C=O) groups excluding carboxylic acids is 3. The summed E-state index contributed by atoms with van der Waals surface area (Å²) >= 11 is 1.30. The van der Waals surface area contributed by atoms with Crippen LogP contribution < -0.4 is 15.4 Å². The minimum atomic E-state index is -0.675. The average Bonchev–Trinajstić information content (AvgIpc) is 2.62. The lowest BCUT2D eigenvalue weighted by Crippen LogP contribution is -2.46. The molecule has 0 aliphatic heterocycles. The lowest BCUT2D eigenvalue weighted by atomic mass is 10.3. The number of thioether (sulfide) groups is 1. The molecule has 0 saturated carbocycles. The summed E-state index contributed by atoms with van der Waals surface area (Å²) in [6.45, 7) is 3.65. The second kappa shape index (κ2) is 11.4. The van der Waals surface area contributed by atoms with Crippen LogP contribution in [0.15, 0.2) is 29.2 Å². The van der Waals surface area contributed by atoms with Gasteiger partial charge in [-0.2, -0.15) is 0 Å². The Hall–Kier alpha value is -2.22. The molecule has 1 aromatic carbocycles. The van der Waals surface area contributed by atoms with Gasteiger partial charge in [-0.1, -0.05) is 6.92 Å². The molecule has 1 aromatic rings. The van der Waals surface area contributed by atoms with Crippen LogP contribution in [0.25, 0.3) is 0 Å². The third kappa shape index (κ3) is 8.44. The predicted molar refractivity (Wildman–Crippen MR) is 95.6 cm³/mol. The van der Waals surface area contributed by atoms with Gasteiger partial charge in [0.05, 0.1) is 12.9 Å². The highest BCUT2D eigenvalue weighted by molar-refractivity contribution is 8.00. The Balaban J connectivity index is 2.25. The van der Waals surface area contributed by atoms with Gasteiger partial charge in [0.1, 0.15) is 11.8 Å². The van der Waals surface area contributed by atoms with Crippen LogP contribution in [0.1, 0.15) is 20.3 Å². The maximum Gasteiger partial charge on any atom is 0.316 e.